The number of ether oxygens (including phenoxy) is 2. The third-order valence-electron chi connectivity index (χ3n) is 5.20. The molecular formula is C22H22FN3O3. The van der Waals surface area contributed by atoms with Gasteiger partial charge >= 0.3 is 5.97 Å². The molecule has 0 saturated heterocycles. The summed E-state index contributed by atoms with van der Waals surface area (Å²) in [5.41, 5.74) is 4.43. The number of benzene rings is 1. The second-order valence-electron chi connectivity index (χ2n) is 6.94. The molecule has 1 aliphatic rings. The Balaban J connectivity index is 1.67. The molecule has 29 heavy (non-hydrogen) atoms. The highest BCUT2D eigenvalue weighted by Crippen LogP contribution is 2.36. The number of hydrogen-bond acceptors (Lipinski definition) is 5. The summed E-state index contributed by atoms with van der Waals surface area (Å²) in [6, 6.07) is 8.40. The molecule has 1 aromatic carbocycles. The van der Waals surface area contributed by atoms with Crippen LogP contribution in [0.1, 0.15) is 12.1 Å². The second kappa shape index (κ2) is 8.05. The number of fused-ring (bicyclic) bond motifs is 1. The average Bonchev–Trinajstić information content (AvgIpc) is 3.18. The van der Waals surface area contributed by atoms with Gasteiger partial charge in [0.15, 0.2) is 0 Å². The van der Waals surface area contributed by atoms with E-state index in [0.717, 1.165) is 35.3 Å². The van der Waals surface area contributed by atoms with E-state index in [2.05, 4.69) is 16.0 Å². The Morgan fingerprint density at radius 1 is 1.24 bits per heavy atom. The number of aromatic amines is 1. The molecule has 0 atom stereocenters. The Hall–Kier alpha value is -3.19. The summed E-state index contributed by atoms with van der Waals surface area (Å²) in [4.78, 5) is 21.3. The number of carbonyl (C=O) groups excluding carboxylic acids is 1. The molecule has 4 rings (SSSR count). The molecule has 0 fully saturated rings. The van der Waals surface area contributed by atoms with Gasteiger partial charge in [-0.2, -0.15) is 0 Å². The number of carbonyl (C=O) groups is 1. The highest BCUT2D eigenvalue weighted by molar-refractivity contribution is 5.96. The van der Waals surface area contributed by atoms with Crippen molar-refractivity contribution in [3.05, 3.63) is 54.1 Å². The molecule has 7 heteroatoms. The van der Waals surface area contributed by atoms with Crippen molar-refractivity contribution in [3.8, 4) is 16.9 Å². The van der Waals surface area contributed by atoms with Crippen molar-refractivity contribution in [2.24, 2.45) is 0 Å². The summed E-state index contributed by atoms with van der Waals surface area (Å²) in [6.07, 6.45) is 4.62. The number of rotatable bonds is 5. The van der Waals surface area contributed by atoms with Gasteiger partial charge in [-0.25, -0.2) is 9.37 Å². The van der Waals surface area contributed by atoms with E-state index in [9.17, 15) is 9.18 Å². The number of H-pyrrole nitrogens is 1. The van der Waals surface area contributed by atoms with E-state index in [-0.39, 0.29) is 18.3 Å². The average molecular weight is 395 g/mol. The lowest BCUT2D eigenvalue weighted by atomic mass is 10.0. The SMILES string of the molecule is COC(=O)CN1CC=C(c2cc3c(-c4cc(F)ccc4OC)ccnc3[nH]2)CC1. The summed E-state index contributed by atoms with van der Waals surface area (Å²) < 4.78 is 24.1. The fourth-order valence-electron chi connectivity index (χ4n) is 3.67. The van der Waals surface area contributed by atoms with E-state index in [1.807, 2.05) is 17.0 Å². The highest BCUT2D eigenvalue weighted by atomic mass is 19.1. The molecule has 6 nitrogen and oxygen atoms in total. The van der Waals surface area contributed by atoms with E-state index in [1.165, 1.54) is 24.8 Å². The molecular weight excluding hydrogens is 373 g/mol. The monoisotopic (exact) mass is 395 g/mol. The van der Waals surface area contributed by atoms with Crippen molar-refractivity contribution in [1.82, 2.24) is 14.9 Å². The molecule has 3 aromatic rings. The highest BCUT2D eigenvalue weighted by Gasteiger charge is 2.19. The summed E-state index contributed by atoms with van der Waals surface area (Å²) >= 11 is 0. The first kappa shape index (κ1) is 19.1. The first-order chi connectivity index (χ1) is 14.1. The van der Waals surface area contributed by atoms with Crippen LogP contribution in [0.15, 0.2) is 42.6 Å². The summed E-state index contributed by atoms with van der Waals surface area (Å²) in [6.45, 7) is 1.74. The van der Waals surface area contributed by atoms with Gasteiger partial charge in [-0.05, 0) is 47.9 Å². The smallest absolute Gasteiger partial charge is 0.319 e. The first-order valence-electron chi connectivity index (χ1n) is 9.39. The number of methoxy groups -OCH3 is 2. The summed E-state index contributed by atoms with van der Waals surface area (Å²) in [5.74, 6) is 0.0598. The minimum Gasteiger partial charge on any atom is -0.496 e. The minimum atomic E-state index is -0.317. The maximum Gasteiger partial charge on any atom is 0.319 e. The molecule has 1 N–H and O–H groups in total. The van der Waals surface area contributed by atoms with Gasteiger partial charge in [0.1, 0.15) is 17.2 Å². The van der Waals surface area contributed by atoms with Gasteiger partial charge in [-0.1, -0.05) is 6.08 Å². The lowest BCUT2D eigenvalue weighted by Gasteiger charge is -2.24. The van der Waals surface area contributed by atoms with Crippen LogP contribution in [-0.4, -0.2) is 54.7 Å². The van der Waals surface area contributed by atoms with Crippen molar-refractivity contribution in [2.75, 3.05) is 33.9 Å². The lowest BCUT2D eigenvalue weighted by Crippen LogP contribution is -2.34. The van der Waals surface area contributed by atoms with E-state index < -0.39 is 0 Å². The van der Waals surface area contributed by atoms with Crippen LogP contribution in [0, 0.1) is 5.82 Å². The van der Waals surface area contributed by atoms with Crippen LogP contribution in [0.5, 0.6) is 5.75 Å². The number of halogens is 1. The van der Waals surface area contributed by atoms with Crippen LogP contribution in [0.2, 0.25) is 0 Å². The second-order valence-corrected chi connectivity index (χ2v) is 6.94. The van der Waals surface area contributed by atoms with Gasteiger partial charge in [0, 0.05) is 35.9 Å². The molecule has 3 heterocycles. The lowest BCUT2D eigenvalue weighted by molar-refractivity contribution is -0.141. The third-order valence-corrected chi connectivity index (χ3v) is 5.20. The van der Waals surface area contributed by atoms with E-state index in [4.69, 9.17) is 9.47 Å². The molecule has 2 aromatic heterocycles. The van der Waals surface area contributed by atoms with Gasteiger partial charge < -0.3 is 14.5 Å². The van der Waals surface area contributed by atoms with Crippen molar-refractivity contribution < 1.29 is 18.7 Å². The van der Waals surface area contributed by atoms with Gasteiger partial charge in [0.05, 0.1) is 20.8 Å². The number of pyridine rings is 1. The number of hydrogen-bond donors (Lipinski definition) is 1. The minimum absolute atomic E-state index is 0.231. The normalized spacial score (nSPS) is 14.7. The van der Waals surface area contributed by atoms with Crippen LogP contribution < -0.4 is 4.74 Å². The van der Waals surface area contributed by atoms with Crippen LogP contribution in [0.3, 0.4) is 0 Å². The van der Waals surface area contributed by atoms with Crippen molar-refractivity contribution in [3.63, 3.8) is 0 Å². The standard InChI is InChI=1S/C22H22FN3O3/c1-28-20-4-3-15(23)11-17(20)16-5-8-24-22-18(16)12-19(25-22)14-6-9-26(10-7-14)13-21(27)29-2/h3-6,8,11-12H,7,9-10,13H2,1-2H3,(H,24,25). The van der Waals surface area contributed by atoms with E-state index >= 15 is 0 Å². The zero-order chi connectivity index (χ0) is 20.4. The van der Waals surface area contributed by atoms with Gasteiger partial charge in [0.2, 0.25) is 0 Å². The number of esters is 1. The third kappa shape index (κ3) is 3.86. The van der Waals surface area contributed by atoms with Gasteiger partial charge in [0.25, 0.3) is 0 Å². The topological polar surface area (TPSA) is 67.4 Å². The Kier molecular flexibility index (Phi) is 5.31. The number of nitrogens with one attached hydrogen (secondary N) is 1. The van der Waals surface area contributed by atoms with Crippen molar-refractivity contribution in [2.45, 2.75) is 6.42 Å². The van der Waals surface area contributed by atoms with Crippen molar-refractivity contribution in [1.29, 1.82) is 0 Å². The molecule has 0 spiro atoms. The zero-order valence-electron chi connectivity index (χ0n) is 16.4. The van der Waals surface area contributed by atoms with E-state index in [0.29, 0.717) is 17.9 Å². The predicted octanol–water partition coefficient (Wildman–Crippen LogP) is 3.64. The summed E-state index contributed by atoms with van der Waals surface area (Å²) in [5, 5.41) is 0.907. The predicted molar refractivity (Wildman–Crippen MR) is 109 cm³/mol. The zero-order valence-corrected chi connectivity index (χ0v) is 16.4. The molecule has 1 aliphatic heterocycles. The van der Waals surface area contributed by atoms with Crippen LogP contribution >= 0.6 is 0 Å². The van der Waals surface area contributed by atoms with Gasteiger partial charge in [-0.15, -0.1) is 0 Å². The molecule has 0 radical (unpaired) electrons. The van der Waals surface area contributed by atoms with E-state index in [1.54, 1.807) is 19.4 Å². The van der Waals surface area contributed by atoms with Gasteiger partial charge in [-0.3, -0.25) is 9.69 Å². The fourth-order valence-corrected chi connectivity index (χ4v) is 3.67. The molecule has 0 aliphatic carbocycles. The largest absolute Gasteiger partial charge is 0.496 e. The quantitative estimate of drug-likeness (QED) is 0.668. The molecule has 0 amide bonds. The Labute approximate surface area is 168 Å². The Morgan fingerprint density at radius 2 is 2.10 bits per heavy atom. The Bertz CT molecular complexity index is 1090. The molecule has 0 saturated carbocycles. The maximum atomic E-state index is 13.9. The molecule has 0 bridgehead atoms. The van der Waals surface area contributed by atoms with Crippen molar-refractivity contribution >= 4 is 22.6 Å². The maximum absolute atomic E-state index is 13.9. The summed E-state index contributed by atoms with van der Waals surface area (Å²) in [7, 11) is 2.97. The number of nitrogens with zero attached hydrogens (tertiary/aromatic N) is 2. The van der Waals surface area contributed by atoms with Crippen LogP contribution in [-0.2, 0) is 9.53 Å². The number of aromatic nitrogens is 2. The van der Waals surface area contributed by atoms with Crippen LogP contribution in [0.25, 0.3) is 27.7 Å². The molecule has 150 valence electrons. The Morgan fingerprint density at radius 3 is 2.83 bits per heavy atom. The van der Waals surface area contributed by atoms with Crippen LogP contribution in [0.4, 0.5) is 4.39 Å². The fraction of sp³-hybridized carbons (Fsp3) is 0.273. The molecule has 0 unspecified atom stereocenters. The first-order valence-corrected chi connectivity index (χ1v) is 9.39.